The summed E-state index contributed by atoms with van der Waals surface area (Å²) in [7, 11) is 1.67. The monoisotopic (exact) mass is 288 g/mol. The van der Waals surface area contributed by atoms with Crippen molar-refractivity contribution in [1.29, 1.82) is 0 Å². The second-order valence-corrected chi connectivity index (χ2v) is 5.22. The molecule has 0 aliphatic rings. The van der Waals surface area contributed by atoms with E-state index in [1.54, 1.807) is 7.11 Å². The molecule has 0 spiro atoms. The van der Waals surface area contributed by atoms with Gasteiger partial charge in [0.05, 0.1) is 0 Å². The first kappa shape index (κ1) is 11.8. The van der Waals surface area contributed by atoms with Crippen molar-refractivity contribution in [2.45, 2.75) is 0 Å². The summed E-state index contributed by atoms with van der Waals surface area (Å²) in [5.74, 6) is 4.03. The summed E-state index contributed by atoms with van der Waals surface area (Å²) in [6, 6.07) is 18.2. The van der Waals surface area contributed by atoms with Crippen LogP contribution in [0.2, 0.25) is 0 Å². The number of methoxy groups -OCH3 is 1. The first-order valence-corrected chi connectivity index (χ1v) is 6.97. The zero-order chi connectivity index (χ0) is 11.9. The SMILES string of the molecule is COc1ccc(C#C[Se]c2ccccc2)cc1. The Balaban J connectivity index is 2.01. The fourth-order valence-electron chi connectivity index (χ4n) is 1.31. The fraction of sp³-hybridized carbons (Fsp3) is 0.0667. The van der Waals surface area contributed by atoms with Gasteiger partial charge in [-0.15, -0.1) is 0 Å². The molecule has 84 valence electrons. The van der Waals surface area contributed by atoms with Crippen LogP contribution in [-0.2, 0) is 0 Å². The van der Waals surface area contributed by atoms with Crippen molar-refractivity contribution < 1.29 is 4.74 Å². The van der Waals surface area contributed by atoms with Crippen LogP contribution >= 0.6 is 0 Å². The molecule has 0 heterocycles. The van der Waals surface area contributed by atoms with Crippen LogP contribution in [0, 0.1) is 10.7 Å². The van der Waals surface area contributed by atoms with Crippen LogP contribution in [0.4, 0.5) is 0 Å². The van der Waals surface area contributed by atoms with E-state index in [4.69, 9.17) is 4.74 Å². The van der Waals surface area contributed by atoms with E-state index in [0.29, 0.717) is 0 Å². The molecule has 0 amide bonds. The summed E-state index contributed by atoms with van der Waals surface area (Å²) in [5, 5.41) is 0. The zero-order valence-electron chi connectivity index (χ0n) is 9.51. The Hall–Kier alpha value is -1.68. The Morgan fingerprint density at radius 2 is 1.65 bits per heavy atom. The average molecular weight is 287 g/mol. The van der Waals surface area contributed by atoms with E-state index in [-0.39, 0.29) is 15.0 Å². The maximum absolute atomic E-state index is 5.10. The molecule has 0 saturated heterocycles. The second kappa shape index (κ2) is 6.15. The van der Waals surface area contributed by atoms with Crippen LogP contribution in [0.5, 0.6) is 5.75 Å². The summed E-state index contributed by atoms with van der Waals surface area (Å²) < 4.78 is 6.41. The summed E-state index contributed by atoms with van der Waals surface area (Å²) in [6.07, 6.45) is 0. The van der Waals surface area contributed by atoms with Crippen LogP contribution in [0.1, 0.15) is 5.56 Å². The van der Waals surface area contributed by atoms with E-state index in [1.807, 2.05) is 42.5 Å². The van der Waals surface area contributed by atoms with Gasteiger partial charge in [-0.1, -0.05) is 0 Å². The third kappa shape index (κ3) is 3.67. The second-order valence-electron chi connectivity index (χ2n) is 3.37. The van der Waals surface area contributed by atoms with Crippen LogP contribution < -0.4 is 9.20 Å². The van der Waals surface area contributed by atoms with E-state index in [1.165, 1.54) is 4.46 Å². The Bertz CT molecular complexity index is 520. The molecule has 1 nitrogen and oxygen atoms in total. The predicted molar refractivity (Wildman–Crippen MR) is 71.7 cm³/mol. The molecule has 0 radical (unpaired) electrons. The summed E-state index contributed by atoms with van der Waals surface area (Å²) in [5.41, 5.74) is 1.03. The van der Waals surface area contributed by atoms with Crippen LogP contribution in [0.25, 0.3) is 0 Å². The third-order valence-corrected chi connectivity index (χ3v) is 3.69. The van der Waals surface area contributed by atoms with Gasteiger partial charge in [-0.3, -0.25) is 0 Å². The minimum atomic E-state index is 0.223. The maximum atomic E-state index is 5.10. The molecule has 0 aromatic heterocycles. The minimum absolute atomic E-state index is 0.223. The van der Waals surface area contributed by atoms with Gasteiger partial charge in [0.2, 0.25) is 0 Å². The molecule has 0 saturated carbocycles. The topological polar surface area (TPSA) is 9.23 Å². The molecule has 17 heavy (non-hydrogen) atoms. The van der Waals surface area contributed by atoms with Gasteiger partial charge in [0, 0.05) is 0 Å². The van der Waals surface area contributed by atoms with Gasteiger partial charge in [-0.25, -0.2) is 0 Å². The van der Waals surface area contributed by atoms with Gasteiger partial charge < -0.3 is 0 Å². The molecule has 0 unspecified atom stereocenters. The zero-order valence-corrected chi connectivity index (χ0v) is 11.2. The van der Waals surface area contributed by atoms with Gasteiger partial charge in [-0.05, 0) is 0 Å². The molecule has 0 N–H and O–H groups in total. The molecule has 0 aliphatic heterocycles. The first-order chi connectivity index (χ1) is 8.38. The molecule has 0 aliphatic carbocycles. The van der Waals surface area contributed by atoms with Crippen LogP contribution in [0.15, 0.2) is 54.6 Å². The van der Waals surface area contributed by atoms with Crippen molar-refractivity contribution in [3.8, 4) is 16.5 Å². The predicted octanol–water partition coefficient (Wildman–Crippen LogP) is 2.03. The standard InChI is InChI=1S/C15H12OSe/c1-16-14-9-7-13(8-10-14)11-12-17-15-5-3-2-4-6-15/h2-10H,1H3. The van der Waals surface area contributed by atoms with Crippen molar-refractivity contribution in [3.05, 3.63) is 60.2 Å². The van der Waals surface area contributed by atoms with E-state index < -0.39 is 0 Å². The molecule has 2 aromatic carbocycles. The van der Waals surface area contributed by atoms with Crippen LogP contribution in [0.3, 0.4) is 0 Å². The van der Waals surface area contributed by atoms with Gasteiger partial charge in [-0.2, -0.15) is 0 Å². The Morgan fingerprint density at radius 1 is 0.941 bits per heavy atom. The van der Waals surface area contributed by atoms with Gasteiger partial charge in [0.25, 0.3) is 0 Å². The number of ether oxygens (including phenoxy) is 1. The molecule has 2 aromatic rings. The molecular formula is C15H12OSe. The Morgan fingerprint density at radius 3 is 2.29 bits per heavy atom. The van der Waals surface area contributed by atoms with E-state index in [2.05, 4.69) is 22.9 Å². The van der Waals surface area contributed by atoms with Crippen molar-refractivity contribution in [2.24, 2.45) is 0 Å². The number of rotatable bonds is 2. The Kier molecular flexibility index (Phi) is 4.27. The molecular weight excluding hydrogens is 275 g/mol. The van der Waals surface area contributed by atoms with Gasteiger partial charge in [0.1, 0.15) is 0 Å². The molecule has 2 heteroatoms. The van der Waals surface area contributed by atoms with Crippen LogP contribution in [-0.4, -0.2) is 22.1 Å². The number of hydrogen-bond donors (Lipinski definition) is 0. The number of benzene rings is 2. The van der Waals surface area contributed by atoms with Crippen molar-refractivity contribution in [3.63, 3.8) is 0 Å². The van der Waals surface area contributed by atoms with Crippen molar-refractivity contribution in [1.82, 2.24) is 0 Å². The van der Waals surface area contributed by atoms with Gasteiger partial charge >= 0.3 is 108 Å². The normalized spacial score (nSPS) is 9.24. The molecule has 0 atom stereocenters. The van der Waals surface area contributed by atoms with E-state index in [9.17, 15) is 0 Å². The Labute approximate surface area is 108 Å². The summed E-state index contributed by atoms with van der Waals surface area (Å²) >= 11 is 0.223. The summed E-state index contributed by atoms with van der Waals surface area (Å²) in [6.45, 7) is 0. The first-order valence-electron chi connectivity index (χ1n) is 5.25. The molecule has 0 fully saturated rings. The molecule has 0 bridgehead atoms. The van der Waals surface area contributed by atoms with Crippen molar-refractivity contribution >= 4 is 19.4 Å². The van der Waals surface area contributed by atoms with Gasteiger partial charge in [0.15, 0.2) is 0 Å². The average Bonchev–Trinajstić information content (AvgIpc) is 2.41. The number of hydrogen-bond acceptors (Lipinski definition) is 1. The third-order valence-electron chi connectivity index (χ3n) is 2.20. The summed E-state index contributed by atoms with van der Waals surface area (Å²) in [4.78, 5) is 3.23. The quantitative estimate of drug-likeness (QED) is 0.606. The van der Waals surface area contributed by atoms with E-state index >= 15 is 0 Å². The van der Waals surface area contributed by atoms with Crippen molar-refractivity contribution in [2.75, 3.05) is 7.11 Å². The fourth-order valence-corrected chi connectivity index (χ4v) is 2.52. The van der Waals surface area contributed by atoms with E-state index in [0.717, 1.165) is 11.3 Å². The molecule has 2 rings (SSSR count).